The lowest BCUT2D eigenvalue weighted by molar-refractivity contribution is 0.477. The van der Waals surface area contributed by atoms with E-state index in [9.17, 15) is 0 Å². The first-order valence-corrected chi connectivity index (χ1v) is 20.8. The minimum atomic E-state index is 0.836. The Hall–Kier alpha value is -8.02. The van der Waals surface area contributed by atoms with Crippen molar-refractivity contribution >= 4 is 55.9 Å². The maximum absolute atomic E-state index is 6.39. The predicted octanol–water partition coefficient (Wildman–Crippen LogP) is 15.9. The minimum absolute atomic E-state index is 0.836. The fraction of sp³-hybridized carbons (Fsp3) is 0.0357. The first kappa shape index (κ1) is 35.0. The number of aryl methyl sites for hydroxylation is 2. The Balaban J connectivity index is 1.10. The van der Waals surface area contributed by atoms with Gasteiger partial charge < -0.3 is 23.8 Å². The van der Waals surface area contributed by atoms with E-state index in [-0.39, 0.29) is 0 Å². The summed E-state index contributed by atoms with van der Waals surface area (Å²) in [7, 11) is 0. The van der Waals surface area contributed by atoms with Gasteiger partial charge in [0.25, 0.3) is 0 Å². The second kappa shape index (κ2) is 13.8. The summed E-state index contributed by atoms with van der Waals surface area (Å²) in [4.78, 5) is 4.63. The third-order valence-corrected chi connectivity index (χ3v) is 12.0. The number of nitrogens with zero attached hydrogens (tertiary/aromatic N) is 3. The normalized spacial score (nSPS) is 12.6. The van der Waals surface area contributed by atoms with Gasteiger partial charge in [-0.25, -0.2) is 0 Å². The largest absolute Gasteiger partial charge is 0.453 e. The molecule has 1 aromatic heterocycles. The summed E-state index contributed by atoms with van der Waals surface area (Å²) < 4.78 is 15.3. The van der Waals surface area contributed by atoms with Crippen LogP contribution >= 0.6 is 0 Å². The van der Waals surface area contributed by atoms with Crippen LogP contribution in [0, 0.1) is 13.8 Å². The summed E-state index contributed by atoms with van der Waals surface area (Å²) in [5.74, 6) is 3.34. The van der Waals surface area contributed by atoms with E-state index in [0.717, 1.165) is 73.9 Å². The number of para-hydroxylation sites is 9. The van der Waals surface area contributed by atoms with Crippen molar-refractivity contribution in [2.45, 2.75) is 13.8 Å². The maximum atomic E-state index is 6.39. The molecule has 0 saturated carbocycles. The van der Waals surface area contributed by atoms with Crippen molar-refractivity contribution in [3.05, 3.63) is 211 Å². The van der Waals surface area contributed by atoms with Crippen LogP contribution in [0.3, 0.4) is 0 Å². The monoisotopic (exact) mass is 785 g/mol. The van der Waals surface area contributed by atoms with Crippen molar-refractivity contribution < 1.29 is 9.47 Å². The van der Waals surface area contributed by atoms with Gasteiger partial charge in [0.05, 0.1) is 33.8 Å². The smallest absolute Gasteiger partial charge is 0.151 e. The standard InChI is InChI=1S/C56H39N3O2/c1-36-30-43(38-16-14-20-41(34-38)57-47-22-6-10-26-51(47)60-52-27-11-7-23-48(52)57)55-45(32-36)46-33-37(2)31-44(56(46)59(55)40-18-4-3-5-19-40)39-17-15-21-42(35-39)58-49-24-8-12-28-53(49)61-54-29-13-9-25-50(54)58/h3-35H,1-2H3. The van der Waals surface area contributed by atoms with Gasteiger partial charge in [0.15, 0.2) is 23.0 Å². The van der Waals surface area contributed by atoms with Crippen LogP contribution in [0.25, 0.3) is 49.7 Å². The van der Waals surface area contributed by atoms with Crippen LogP contribution in [0.4, 0.5) is 34.1 Å². The lowest BCUT2D eigenvalue weighted by Crippen LogP contribution is -2.15. The molecule has 61 heavy (non-hydrogen) atoms. The summed E-state index contributed by atoms with van der Waals surface area (Å²) in [5, 5.41) is 2.44. The number of fused-ring (bicyclic) bond motifs is 7. The van der Waals surface area contributed by atoms with Crippen molar-refractivity contribution in [1.29, 1.82) is 0 Å². The molecule has 2 aliphatic rings. The predicted molar refractivity (Wildman–Crippen MR) is 251 cm³/mol. The molecule has 3 heterocycles. The topological polar surface area (TPSA) is 29.9 Å². The van der Waals surface area contributed by atoms with Gasteiger partial charge in [0.1, 0.15) is 0 Å². The van der Waals surface area contributed by atoms with Crippen molar-refractivity contribution in [3.63, 3.8) is 0 Å². The molecule has 0 atom stereocenters. The average molecular weight is 786 g/mol. The highest BCUT2D eigenvalue weighted by Gasteiger charge is 2.28. The van der Waals surface area contributed by atoms with Gasteiger partial charge in [-0.3, -0.25) is 0 Å². The summed E-state index contributed by atoms with van der Waals surface area (Å²) in [6, 6.07) is 71.2. The summed E-state index contributed by atoms with van der Waals surface area (Å²) >= 11 is 0. The molecule has 5 nitrogen and oxygen atoms in total. The number of hydrogen-bond donors (Lipinski definition) is 0. The molecule has 0 aliphatic carbocycles. The molecule has 0 bridgehead atoms. The van der Waals surface area contributed by atoms with Gasteiger partial charge in [-0.1, -0.05) is 91.0 Å². The Labute approximate surface area is 354 Å². The number of benzene rings is 9. The molecule has 0 amide bonds. The molecule has 0 N–H and O–H groups in total. The van der Waals surface area contributed by atoms with E-state index in [1.165, 1.54) is 44.1 Å². The Morgan fingerprint density at radius 2 is 0.689 bits per heavy atom. The minimum Gasteiger partial charge on any atom is -0.453 e. The van der Waals surface area contributed by atoms with Crippen molar-refractivity contribution in [2.24, 2.45) is 0 Å². The van der Waals surface area contributed by atoms with Crippen molar-refractivity contribution in [2.75, 3.05) is 9.80 Å². The van der Waals surface area contributed by atoms with Crippen LogP contribution in [0.5, 0.6) is 23.0 Å². The Morgan fingerprint density at radius 1 is 0.328 bits per heavy atom. The van der Waals surface area contributed by atoms with Crippen LogP contribution in [0.2, 0.25) is 0 Å². The highest BCUT2D eigenvalue weighted by atomic mass is 16.5. The molecular formula is C56H39N3O2. The van der Waals surface area contributed by atoms with Crippen LogP contribution in [-0.2, 0) is 0 Å². The highest BCUT2D eigenvalue weighted by molar-refractivity contribution is 6.18. The van der Waals surface area contributed by atoms with Gasteiger partial charge in [-0.2, -0.15) is 0 Å². The zero-order chi connectivity index (χ0) is 40.6. The van der Waals surface area contributed by atoms with E-state index in [2.05, 4.69) is 180 Å². The lowest BCUT2D eigenvalue weighted by Gasteiger charge is -2.33. The van der Waals surface area contributed by atoms with Crippen LogP contribution in [0.1, 0.15) is 11.1 Å². The van der Waals surface area contributed by atoms with Gasteiger partial charge in [-0.05, 0) is 145 Å². The van der Waals surface area contributed by atoms with E-state index < -0.39 is 0 Å². The van der Waals surface area contributed by atoms with Gasteiger partial charge in [0, 0.05) is 39.0 Å². The lowest BCUT2D eigenvalue weighted by atomic mass is 9.96. The molecular weight excluding hydrogens is 747 g/mol. The molecule has 290 valence electrons. The number of hydrogen-bond acceptors (Lipinski definition) is 4. The molecule has 2 aliphatic heterocycles. The summed E-state index contributed by atoms with van der Waals surface area (Å²) in [6.07, 6.45) is 0. The fourth-order valence-corrected chi connectivity index (χ4v) is 9.43. The molecule has 9 aromatic carbocycles. The zero-order valence-corrected chi connectivity index (χ0v) is 33.7. The molecule has 0 radical (unpaired) electrons. The van der Waals surface area contributed by atoms with E-state index in [1.54, 1.807) is 0 Å². The zero-order valence-electron chi connectivity index (χ0n) is 33.7. The second-order valence-corrected chi connectivity index (χ2v) is 15.9. The third kappa shape index (κ3) is 5.62. The van der Waals surface area contributed by atoms with Crippen LogP contribution in [0.15, 0.2) is 200 Å². The molecule has 0 spiro atoms. The molecule has 0 saturated heterocycles. The number of anilines is 6. The van der Waals surface area contributed by atoms with Gasteiger partial charge in [0.2, 0.25) is 0 Å². The molecule has 5 heteroatoms. The van der Waals surface area contributed by atoms with E-state index in [1.807, 2.05) is 48.5 Å². The highest BCUT2D eigenvalue weighted by Crippen LogP contribution is 2.53. The maximum Gasteiger partial charge on any atom is 0.151 e. The Morgan fingerprint density at radius 3 is 1.10 bits per heavy atom. The molecule has 10 aromatic rings. The third-order valence-electron chi connectivity index (χ3n) is 12.0. The van der Waals surface area contributed by atoms with Crippen LogP contribution < -0.4 is 19.3 Å². The van der Waals surface area contributed by atoms with E-state index >= 15 is 0 Å². The van der Waals surface area contributed by atoms with Crippen molar-refractivity contribution in [3.8, 4) is 50.9 Å². The number of rotatable bonds is 5. The fourth-order valence-electron chi connectivity index (χ4n) is 9.43. The summed E-state index contributed by atoms with van der Waals surface area (Å²) in [5.41, 5.74) is 16.7. The average Bonchev–Trinajstić information content (AvgIpc) is 3.63. The number of aromatic nitrogens is 1. The van der Waals surface area contributed by atoms with Gasteiger partial charge >= 0.3 is 0 Å². The SMILES string of the molecule is Cc1cc(-c2cccc(N3c4ccccc4Oc4ccccc43)c2)c2c(c1)c1cc(C)cc(-c3cccc(N4c5ccccc5Oc5ccccc54)c3)c1n2-c1ccccc1. The quantitative estimate of drug-likeness (QED) is 0.174. The Kier molecular flexibility index (Phi) is 7.91. The van der Waals surface area contributed by atoms with E-state index in [4.69, 9.17) is 9.47 Å². The number of ether oxygens (including phenoxy) is 2. The first-order chi connectivity index (χ1) is 30.1. The Bertz CT molecular complexity index is 3070. The first-order valence-electron chi connectivity index (χ1n) is 20.8. The molecule has 0 unspecified atom stereocenters. The van der Waals surface area contributed by atoms with Gasteiger partial charge in [-0.15, -0.1) is 0 Å². The summed E-state index contributed by atoms with van der Waals surface area (Å²) in [6.45, 7) is 4.43. The van der Waals surface area contributed by atoms with E-state index in [0.29, 0.717) is 0 Å². The van der Waals surface area contributed by atoms with Crippen LogP contribution in [-0.4, -0.2) is 4.57 Å². The van der Waals surface area contributed by atoms with Crippen molar-refractivity contribution in [1.82, 2.24) is 4.57 Å². The second-order valence-electron chi connectivity index (χ2n) is 15.9. The molecule has 12 rings (SSSR count). The molecule has 0 fully saturated rings.